The zero-order valence-electron chi connectivity index (χ0n) is 15.0. The zero-order chi connectivity index (χ0) is 19.8. The van der Waals surface area contributed by atoms with Gasteiger partial charge in [-0.3, -0.25) is 4.79 Å². The number of ether oxygens (including phenoxy) is 1. The number of halogens is 1. The number of aromatic nitrogens is 1. The number of hydrogen-bond acceptors (Lipinski definition) is 5. The molecule has 0 bridgehead atoms. The van der Waals surface area contributed by atoms with E-state index in [9.17, 15) is 10.1 Å². The first kappa shape index (κ1) is 18.0. The maximum absolute atomic E-state index is 13.4. The maximum atomic E-state index is 13.4. The molecule has 140 valence electrons. The summed E-state index contributed by atoms with van der Waals surface area (Å²) in [6, 6.07) is 14.5. The third-order valence-corrected chi connectivity index (χ3v) is 5.14. The fourth-order valence-electron chi connectivity index (χ4n) is 3.46. The van der Waals surface area contributed by atoms with Crippen LogP contribution in [0.5, 0.6) is 5.75 Å². The average molecular weight is 394 g/mol. The van der Waals surface area contributed by atoms with Crippen molar-refractivity contribution >= 4 is 11.6 Å². The van der Waals surface area contributed by atoms with Crippen LogP contribution in [0.1, 0.15) is 28.5 Å². The number of furan rings is 1. The van der Waals surface area contributed by atoms with Gasteiger partial charge in [-0.05, 0) is 30.7 Å². The zero-order valence-corrected chi connectivity index (χ0v) is 15.7. The van der Waals surface area contributed by atoms with E-state index in [1.165, 1.54) is 0 Å². The fourth-order valence-corrected chi connectivity index (χ4v) is 3.71. The monoisotopic (exact) mass is 393 g/mol. The number of rotatable bonds is 3. The molecule has 0 spiro atoms. The van der Waals surface area contributed by atoms with Crippen LogP contribution in [0.15, 0.2) is 69.4 Å². The van der Waals surface area contributed by atoms with Gasteiger partial charge in [0, 0.05) is 16.8 Å². The molecule has 2 aromatic heterocycles. The highest BCUT2D eigenvalue weighted by Gasteiger charge is 2.35. The molecule has 0 aliphatic carbocycles. The largest absolute Gasteiger partial charge is 0.467 e. The molecule has 1 aliphatic rings. The van der Waals surface area contributed by atoms with Gasteiger partial charge < -0.3 is 19.5 Å². The second-order valence-electron chi connectivity index (χ2n) is 6.48. The number of nitrogens with two attached hydrogens (primary N) is 1. The van der Waals surface area contributed by atoms with Gasteiger partial charge >= 0.3 is 0 Å². The Balaban J connectivity index is 1.97. The predicted molar refractivity (Wildman–Crippen MR) is 104 cm³/mol. The van der Waals surface area contributed by atoms with E-state index >= 15 is 0 Å². The average Bonchev–Trinajstić information content (AvgIpc) is 3.18. The molecule has 3 heterocycles. The second-order valence-corrected chi connectivity index (χ2v) is 6.89. The first-order chi connectivity index (χ1) is 13.5. The number of benzene rings is 1. The van der Waals surface area contributed by atoms with Crippen LogP contribution in [0, 0.1) is 18.3 Å². The topological polar surface area (TPSA) is 94.2 Å². The number of nitrogens with zero attached hydrogens (tertiary/aromatic N) is 2. The second kappa shape index (κ2) is 6.95. The first-order valence-corrected chi connectivity index (χ1v) is 8.97. The minimum Gasteiger partial charge on any atom is -0.467 e. The van der Waals surface area contributed by atoms with Crippen molar-refractivity contribution in [2.24, 2.45) is 5.73 Å². The van der Waals surface area contributed by atoms with Crippen LogP contribution in [0.2, 0.25) is 5.02 Å². The van der Waals surface area contributed by atoms with Crippen LogP contribution in [0.25, 0.3) is 0 Å². The van der Waals surface area contributed by atoms with E-state index in [2.05, 4.69) is 6.07 Å². The number of pyridine rings is 1. The Morgan fingerprint density at radius 3 is 2.75 bits per heavy atom. The minimum absolute atomic E-state index is 0.0255. The van der Waals surface area contributed by atoms with Gasteiger partial charge in [-0.1, -0.05) is 29.8 Å². The molecule has 1 aliphatic heterocycles. The number of hydrogen-bond donors (Lipinski definition) is 1. The third-order valence-electron chi connectivity index (χ3n) is 4.80. The summed E-state index contributed by atoms with van der Waals surface area (Å²) in [7, 11) is 0. The third kappa shape index (κ3) is 2.86. The molecular weight excluding hydrogens is 378 g/mol. The summed E-state index contributed by atoms with van der Waals surface area (Å²) in [5.41, 5.74) is 7.52. The van der Waals surface area contributed by atoms with Crippen LogP contribution in [0.4, 0.5) is 0 Å². The highest BCUT2D eigenvalue weighted by Crippen LogP contribution is 2.42. The summed E-state index contributed by atoms with van der Waals surface area (Å²) in [6.45, 7) is 2.07. The summed E-state index contributed by atoms with van der Waals surface area (Å²) >= 11 is 6.40. The molecule has 7 heteroatoms. The van der Waals surface area contributed by atoms with Crippen molar-refractivity contribution in [3.05, 3.63) is 98.1 Å². The van der Waals surface area contributed by atoms with Crippen molar-refractivity contribution in [1.29, 1.82) is 5.26 Å². The van der Waals surface area contributed by atoms with E-state index in [0.29, 0.717) is 33.4 Å². The smallest absolute Gasteiger partial charge is 0.259 e. The molecule has 3 aromatic rings. The van der Waals surface area contributed by atoms with Gasteiger partial charge in [0.15, 0.2) is 0 Å². The molecule has 1 atom stereocenters. The van der Waals surface area contributed by atoms with Gasteiger partial charge in [0.2, 0.25) is 5.88 Å². The van der Waals surface area contributed by atoms with E-state index in [1.807, 2.05) is 0 Å². The lowest BCUT2D eigenvalue weighted by Gasteiger charge is -2.27. The molecule has 0 saturated heterocycles. The van der Waals surface area contributed by atoms with Crippen molar-refractivity contribution in [1.82, 2.24) is 4.57 Å². The van der Waals surface area contributed by atoms with Gasteiger partial charge in [-0.25, -0.2) is 0 Å². The van der Waals surface area contributed by atoms with Gasteiger partial charge in [0.1, 0.15) is 23.2 Å². The summed E-state index contributed by atoms with van der Waals surface area (Å²) in [5, 5.41) is 10.1. The summed E-state index contributed by atoms with van der Waals surface area (Å²) in [5.74, 6) is 0.243. The normalized spacial score (nSPS) is 15.7. The van der Waals surface area contributed by atoms with Crippen LogP contribution >= 0.6 is 11.6 Å². The number of fused-ring (bicyclic) bond motifs is 1. The van der Waals surface area contributed by atoms with E-state index < -0.39 is 5.92 Å². The van der Waals surface area contributed by atoms with Crippen LogP contribution in [-0.2, 0) is 6.54 Å². The SMILES string of the molecule is Cc1cc2c(c(=O)n1Cc1ccco1)[C@H](c1ccccc1Cl)C(C#N)=C(N)O2. The van der Waals surface area contributed by atoms with E-state index in [0.717, 1.165) is 0 Å². The van der Waals surface area contributed by atoms with Crippen molar-refractivity contribution in [2.75, 3.05) is 0 Å². The maximum Gasteiger partial charge on any atom is 0.259 e. The van der Waals surface area contributed by atoms with Gasteiger partial charge in [-0.2, -0.15) is 5.26 Å². The molecule has 28 heavy (non-hydrogen) atoms. The number of allylic oxidation sites excluding steroid dienone is 1. The number of aryl methyl sites for hydroxylation is 1. The summed E-state index contributed by atoms with van der Waals surface area (Å²) in [6.07, 6.45) is 1.56. The lowest BCUT2D eigenvalue weighted by atomic mass is 9.84. The highest BCUT2D eigenvalue weighted by atomic mass is 35.5. The molecule has 6 nitrogen and oxygen atoms in total. The Hall–Kier alpha value is -3.43. The molecule has 1 aromatic carbocycles. The van der Waals surface area contributed by atoms with Crippen LogP contribution in [0.3, 0.4) is 0 Å². The summed E-state index contributed by atoms with van der Waals surface area (Å²) < 4.78 is 12.6. The van der Waals surface area contributed by atoms with Crippen molar-refractivity contribution in [3.63, 3.8) is 0 Å². The lowest BCUT2D eigenvalue weighted by molar-refractivity contribution is 0.387. The van der Waals surface area contributed by atoms with Crippen LogP contribution in [-0.4, -0.2) is 4.57 Å². The molecular formula is C21H16ClN3O3. The highest BCUT2D eigenvalue weighted by molar-refractivity contribution is 6.31. The molecule has 0 unspecified atom stereocenters. The molecule has 2 N–H and O–H groups in total. The van der Waals surface area contributed by atoms with Crippen LogP contribution < -0.4 is 16.0 Å². The Labute approximate surface area is 166 Å². The van der Waals surface area contributed by atoms with Crippen molar-refractivity contribution < 1.29 is 9.15 Å². The Morgan fingerprint density at radius 2 is 2.07 bits per heavy atom. The molecule has 0 saturated carbocycles. The molecule has 0 radical (unpaired) electrons. The lowest BCUT2D eigenvalue weighted by Crippen LogP contribution is -2.33. The molecule has 0 amide bonds. The van der Waals surface area contributed by atoms with Crippen molar-refractivity contribution in [3.8, 4) is 11.8 Å². The number of nitriles is 1. The Bertz CT molecular complexity index is 1190. The molecule has 0 fully saturated rings. The van der Waals surface area contributed by atoms with Gasteiger partial charge in [0.05, 0.1) is 24.3 Å². The quantitative estimate of drug-likeness (QED) is 0.732. The Morgan fingerprint density at radius 1 is 1.29 bits per heavy atom. The van der Waals surface area contributed by atoms with Gasteiger partial charge in [0.25, 0.3) is 5.56 Å². The predicted octanol–water partition coefficient (Wildman–Crippen LogP) is 3.67. The standard InChI is InChI=1S/C21H16ClN3O3/c1-12-9-17-19(21(26)25(12)11-13-5-4-8-27-13)18(15(10-23)20(24)28-17)14-6-2-3-7-16(14)22/h2-9,18H,11,24H2,1H3/t18-/m1/s1. The summed E-state index contributed by atoms with van der Waals surface area (Å²) in [4.78, 5) is 13.4. The van der Waals surface area contributed by atoms with E-state index in [-0.39, 0.29) is 23.6 Å². The van der Waals surface area contributed by atoms with Crippen molar-refractivity contribution in [2.45, 2.75) is 19.4 Å². The molecule has 4 rings (SSSR count). The Kier molecular flexibility index (Phi) is 4.46. The van der Waals surface area contributed by atoms with E-state index in [4.69, 9.17) is 26.5 Å². The minimum atomic E-state index is -0.710. The van der Waals surface area contributed by atoms with E-state index in [1.54, 1.807) is 60.2 Å². The fraction of sp³-hybridized carbons (Fsp3) is 0.143. The first-order valence-electron chi connectivity index (χ1n) is 8.60. The van der Waals surface area contributed by atoms with Gasteiger partial charge in [-0.15, -0.1) is 0 Å².